The highest BCUT2D eigenvalue weighted by atomic mass is 14.5. The van der Waals surface area contributed by atoms with Crippen LogP contribution >= 0.6 is 0 Å². The van der Waals surface area contributed by atoms with Crippen molar-refractivity contribution in [2.45, 2.75) is 5.41 Å². The van der Waals surface area contributed by atoms with E-state index in [9.17, 15) is 0 Å². The first-order chi connectivity index (χ1) is 28.3. The molecular formula is C57H40. The standard InChI is InChI=1S/C57H40/c1-5-20-41(21-6-1)55(42-22-7-2-8-23-42)56(43-24-9-3-10-25-43)48-30-18-28-46(39-48)44-26-17-27-45(38-44)47-29-19-33-50(40-47)57(49-31-11-4-12-32-49)53-36-15-13-34-51(53)52-35-14-16-37-54(52)57/h1-40H. The predicted molar refractivity (Wildman–Crippen MR) is 239 cm³/mol. The third-order valence-electron chi connectivity index (χ3n) is 11.6. The maximum Gasteiger partial charge on any atom is 0.0713 e. The van der Waals surface area contributed by atoms with Gasteiger partial charge in [0, 0.05) is 0 Å². The van der Waals surface area contributed by atoms with Crippen molar-refractivity contribution in [1.29, 1.82) is 0 Å². The molecule has 0 spiro atoms. The van der Waals surface area contributed by atoms with Gasteiger partial charge in [-0.1, -0.05) is 224 Å². The van der Waals surface area contributed by atoms with E-state index in [1.54, 1.807) is 0 Å². The lowest BCUT2D eigenvalue weighted by atomic mass is 9.67. The molecule has 57 heavy (non-hydrogen) atoms. The summed E-state index contributed by atoms with van der Waals surface area (Å²) >= 11 is 0. The monoisotopic (exact) mass is 724 g/mol. The zero-order chi connectivity index (χ0) is 38.0. The fraction of sp³-hybridized carbons (Fsp3) is 0.0175. The number of fused-ring (bicyclic) bond motifs is 3. The zero-order valence-electron chi connectivity index (χ0n) is 31.6. The van der Waals surface area contributed by atoms with Crippen LogP contribution in [0.4, 0.5) is 0 Å². The lowest BCUT2D eigenvalue weighted by Gasteiger charge is -2.34. The predicted octanol–water partition coefficient (Wildman–Crippen LogP) is 14.4. The minimum Gasteiger partial charge on any atom is -0.0622 e. The lowest BCUT2D eigenvalue weighted by molar-refractivity contribution is 0.769. The molecule has 268 valence electrons. The highest BCUT2D eigenvalue weighted by molar-refractivity contribution is 6.05. The average molecular weight is 725 g/mol. The van der Waals surface area contributed by atoms with Crippen LogP contribution in [0.2, 0.25) is 0 Å². The molecule has 9 aromatic carbocycles. The molecule has 0 saturated carbocycles. The Kier molecular flexibility index (Phi) is 8.86. The average Bonchev–Trinajstić information content (AvgIpc) is 3.60. The third-order valence-corrected chi connectivity index (χ3v) is 11.6. The number of hydrogen-bond donors (Lipinski definition) is 0. The first-order valence-electron chi connectivity index (χ1n) is 19.8. The fourth-order valence-corrected chi connectivity index (χ4v) is 9.10. The molecule has 10 rings (SSSR count). The summed E-state index contributed by atoms with van der Waals surface area (Å²) in [4.78, 5) is 0. The third kappa shape index (κ3) is 6.04. The quantitative estimate of drug-likeness (QED) is 0.137. The number of hydrogen-bond acceptors (Lipinski definition) is 0. The van der Waals surface area contributed by atoms with E-state index in [-0.39, 0.29) is 0 Å². The van der Waals surface area contributed by atoms with Gasteiger partial charge in [0.15, 0.2) is 0 Å². The SMILES string of the molecule is c1ccc(C(=C(c2ccccc2)c2cccc(-c3cccc(-c4cccc(C5(c6ccccc6)c6ccccc6-c6ccccc65)c4)c3)c2)c2ccccc2)cc1. The van der Waals surface area contributed by atoms with Crippen molar-refractivity contribution >= 4 is 11.1 Å². The molecule has 0 amide bonds. The van der Waals surface area contributed by atoms with Crippen LogP contribution < -0.4 is 0 Å². The Labute approximate surface area is 335 Å². The van der Waals surface area contributed by atoms with Crippen LogP contribution in [0.15, 0.2) is 243 Å². The molecule has 9 aromatic rings. The van der Waals surface area contributed by atoms with Crippen molar-refractivity contribution in [3.05, 3.63) is 287 Å². The van der Waals surface area contributed by atoms with Gasteiger partial charge in [0.05, 0.1) is 5.41 Å². The Hall–Kier alpha value is -7.28. The summed E-state index contributed by atoms with van der Waals surface area (Å²) in [5, 5.41) is 0. The van der Waals surface area contributed by atoms with Crippen LogP contribution in [0.5, 0.6) is 0 Å². The second-order valence-corrected chi connectivity index (χ2v) is 14.8. The summed E-state index contributed by atoms with van der Waals surface area (Å²) in [5.74, 6) is 0. The van der Waals surface area contributed by atoms with E-state index in [2.05, 4.69) is 243 Å². The normalized spacial score (nSPS) is 12.4. The Morgan fingerprint density at radius 3 is 1.12 bits per heavy atom. The Morgan fingerprint density at radius 2 is 0.596 bits per heavy atom. The topological polar surface area (TPSA) is 0 Å². The van der Waals surface area contributed by atoms with Crippen molar-refractivity contribution in [2.75, 3.05) is 0 Å². The summed E-state index contributed by atoms with van der Waals surface area (Å²) in [6.07, 6.45) is 0. The zero-order valence-corrected chi connectivity index (χ0v) is 31.6. The lowest BCUT2D eigenvalue weighted by Crippen LogP contribution is -2.28. The van der Waals surface area contributed by atoms with E-state index in [1.807, 2.05) is 0 Å². The van der Waals surface area contributed by atoms with Crippen molar-refractivity contribution in [3.8, 4) is 33.4 Å². The molecule has 0 atom stereocenters. The molecular weight excluding hydrogens is 685 g/mol. The minimum absolute atomic E-state index is 0.439. The summed E-state index contributed by atoms with van der Waals surface area (Å²) in [5.41, 5.74) is 19.3. The molecule has 0 bridgehead atoms. The van der Waals surface area contributed by atoms with E-state index >= 15 is 0 Å². The van der Waals surface area contributed by atoms with Crippen molar-refractivity contribution in [1.82, 2.24) is 0 Å². The summed E-state index contributed by atoms with van der Waals surface area (Å²) < 4.78 is 0. The molecule has 1 aliphatic rings. The maximum atomic E-state index is 2.42. The van der Waals surface area contributed by atoms with Gasteiger partial charge in [0.1, 0.15) is 0 Å². The first kappa shape index (κ1) is 34.2. The van der Waals surface area contributed by atoms with Gasteiger partial charge >= 0.3 is 0 Å². The molecule has 0 N–H and O–H groups in total. The van der Waals surface area contributed by atoms with Crippen molar-refractivity contribution in [2.24, 2.45) is 0 Å². The molecule has 0 unspecified atom stereocenters. The first-order valence-corrected chi connectivity index (χ1v) is 19.8. The van der Waals surface area contributed by atoms with Crippen molar-refractivity contribution < 1.29 is 0 Å². The van der Waals surface area contributed by atoms with Crippen LogP contribution in [0.25, 0.3) is 44.5 Å². The summed E-state index contributed by atoms with van der Waals surface area (Å²) in [7, 11) is 0. The molecule has 0 heteroatoms. The summed E-state index contributed by atoms with van der Waals surface area (Å²) in [6.45, 7) is 0. The Bertz CT molecular complexity index is 2780. The minimum atomic E-state index is -0.439. The van der Waals surface area contributed by atoms with E-state index in [1.165, 1.54) is 89.0 Å². The van der Waals surface area contributed by atoms with Crippen LogP contribution in [-0.4, -0.2) is 0 Å². The van der Waals surface area contributed by atoms with Gasteiger partial charge in [-0.15, -0.1) is 0 Å². The van der Waals surface area contributed by atoms with Crippen LogP contribution in [0, 0.1) is 0 Å². The molecule has 0 aliphatic heterocycles. The fourth-order valence-electron chi connectivity index (χ4n) is 9.10. The molecule has 0 saturated heterocycles. The maximum absolute atomic E-state index is 2.42. The highest BCUT2D eigenvalue weighted by Gasteiger charge is 2.45. The highest BCUT2D eigenvalue weighted by Crippen LogP contribution is 2.56. The molecule has 0 heterocycles. The molecule has 0 fully saturated rings. The van der Waals surface area contributed by atoms with Gasteiger partial charge in [0.25, 0.3) is 0 Å². The van der Waals surface area contributed by atoms with Gasteiger partial charge in [-0.25, -0.2) is 0 Å². The Morgan fingerprint density at radius 1 is 0.246 bits per heavy atom. The van der Waals surface area contributed by atoms with Gasteiger partial charge in [-0.05, 0) is 107 Å². The van der Waals surface area contributed by atoms with E-state index in [0.717, 1.165) is 0 Å². The van der Waals surface area contributed by atoms with E-state index in [0.29, 0.717) is 0 Å². The van der Waals surface area contributed by atoms with Crippen molar-refractivity contribution in [3.63, 3.8) is 0 Å². The smallest absolute Gasteiger partial charge is 0.0622 e. The van der Waals surface area contributed by atoms with Gasteiger partial charge in [-0.2, -0.15) is 0 Å². The molecule has 0 nitrogen and oxygen atoms in total. The number of rotatable bonds is 8. The van der Waals surface area contributed by atoms with Gasteiger partial charge in [-0.3, -0.25) is 0 Å². The molecule has 0 radical (unpaired) electrons. The van der Waals surface area contributed by atoms with Gasteiger partial charge < -0.3 is 0 Å². The second kappa shape index (κ2) is 14.8. The van der Waals surface area contributed by atoms with Gasteiger partial charge in [0.2, 0.25) is 0 Å². The Balaban J connectivity index is 1.11. The van der Waals surface area contributed by atoms with Crippen LogP contribution in [0.3, 0.4) is 0 Å². The number of benzene rings is 9. The molecule has 0 aromatic heterocycles. The molecule has 1 aliphatic carbocycles. The summed E-state index contributed by atoms with van der Waals surface area (Å²) in [6, 6.07) is 88.6. The largest absolute Gasteiger partial charge is 0.0713 e. The van der Waals surface area contributed by atoms with E-state index < -0.39 is 5.41 Å². The van der Waals surface area contributed by atoms with E-state index in [4.69, 9.17) is 0 Å². The second-order valence-electron chi connectivity index (χ2n) is 14.8. The van der Waals surface area contributed by atoms with Crippen LogP contribution in [-0.2, 0) is 5.41 Å². The van der Waals surface area contributed by atoms with Crippen LogP contribution in [0.1, 0.15) is 44.5 Å².